The summed E-state index contributed by atoms with van der Waals surface area (Å²) in [5.41, 5.74) is 7.35. The molecule has 0 spiro atoms. The summed E-state index contributed by atoms with van der Waals surface area (Å²) in [6, 6.07) is 9.36. The molecule has 4 nitrogen and oxygen atoms in total. The normalized spacial score (nSPS) is 10.3. The minimum absolute atomic E-state index is 0.602. The van der Waals surface area contributed by atoms with Gasteiger partial charge in [-0.25, -0.2) is 0 Å². The minimum atomic E-state index is 0.602. The van der Waals surface area contributed by atoms with E-state index in [4.69, 9.17) is 10.5 Å². The Kier molecular flexibility index (Phi) is 3.10. The second-order valence-corrected chi connectivity index (χ2v) is 3.64. The molecule has 0 bridgehead atoms. The van der Waals surface area contributed by atoms with Gasteiger partial charge >= 0.3 is 0 Å². The van der Waals surface area contributed by atoms with Crippen LogP contribution in [0, 0.1) is 6.92 Å². The molecule has 2 rings (SSSR count). The lowest BCUT2D eigenvalue weighted by Gasteiger charge is -2.06. The van der Waals surface area contributed by atoms with Crippen LogP contribution in [-0.4, -0.2) is 16.4 Å². The van der Waals surface area contributed by atoms with Crippen LogP contribution in [0.15, 0.2) is 36.5 Å². The number of nitrogens with zero attached hydrogens (tertiary/aromatic N) is 2. The number of aryl methyl sites for hydroxylation is 1. The first-order valence-electron chi connectivity index (χ1n) is 5.22. The topological polar surface area (TPSA) is 53.1 Å². The molecule has 0 saturated heterocycles. The summed E-state index contributed by atoms with van der Waals surface area (Å²) in [6.07, 6.45) is 1.95. The zero-order valence-electron chi connectivity index (χ0n) is 9.26. The van der Waals surface area contributed by atoms with E-state index < -0.39 is 0 Å². The lowest BCUT2D eigenvalue weighted by atomic mass is 10.3. The number of benzene rings is 1. The number of rotatable bonds is 4. The van der Waals surface area contributed by atoms with Gasteiger partial charge in [0.2, 0.25) is 0 Å². The quantitative estimate of drug-likeness (QED) is 0.795. The Labute approximate surface area is 94.6 Å². The molecule has 0 radical (unpaired) electrons. The van der Waals surface area contributed by atoms with E-state index in [1.54, 1.807) is 0 Å². The van der Waals surface area contributed by atoms with E-state index >= 15 is 0 Å². The average molecular weight is 217 g/mol. The van der Waals surface area contributed by atoms with Crippen molar-refractivity contribution in [2.24, 2.45) is 0 Å². The molecule has 16 heavy (non-hydrogen) atoms. The first-order valence-corrected chi connectivity index (χ1v) is 5.22. The first kappa shape index (κ1) is 10.5. The van der Waals surface area contributed by atoms with Gasteiger partial charge in [-0.3, -0.25) is 4.68 Å². The van der Waals surface area contributed by atoms with E-state index in [0.29, 0.717) is 6.61 Å². The van der Waals surface area contributed by atoms with Crippen LogP contribution in [0.1, 0.15) is 5.69 Å². The van der Waals surface area contributed by atoms with Crippen molar-refractivity contribution in [2.45, 2.75) is 13.5 Å². The van der Waals surface area contributed by atoms with Crippen LogP contribution in [0.3, 0.4) is 0 Å². The number of ether oxygens (including phenoxy) is 1. The van der Waals surface area contributed by atoms with E-state index in [1.807, 2.05) is 48.1 Å². The Bertz CT molecular complexity index is 448. The van der Waals surface area contributed by atoms with Crippen LogP contribution < -0.4 is 10.5 Å². The minimum Gasteiger partial charge on any atom is -0.492 e. The fourth-order valence-electron chi connectivity index (χ4n) is 1.41. The Morgan fingerprint density at radius 3 is 2.62 bits per heavy atom. The summed E-state index contributed by atoms with van der Waals surface area (Å²) >= 11 is 0. The molecule has 0 aliphatic carbocycles. The Morgan fingerprint density at radius 2 is 2.00 bits per heavy atom. The molecule has 0 aliphatic heterocycles. The van der Waals surface area contributed by atoms with Crippen LogP contribution in [0.2, 0.25) is 0 Å². The van der Waals surface area contributed by atoms with Gasteiger partial charge in [0, 0.05) is 11.9 Å². The fraction of sp³-hybridized carbons (Fsp3) is 0.250. The number of aromatic nitrogens is 2. The van der Waals surface area contributed by atoms with Crippen LogP contribution in [-0.2, 0) is 6.54 Å². The molecular formula is C12H15N3O. The third-order valence-electron chi connectivity index (χ3n) is 2.24. The molecule has 0 atom stereocenters. The van der Waals surface area contributed by atoms with Gasteiger partial charge in [-0.05, 0) is 37.3 Å². The highest BCUT2D eigenvalue weighted by Crippen LogP contribution is 2.12. The first-order chi connectivity index (χ1) is 7.74. The highest BCUT2D eigenvalue weighted by molar-refractivity contribution is 5.41. The van der Waals surface area contributed by atoms with Gasteiger partial charge in [0.15, 0.2) is 0 Å². The van der Waals surface area contributed by atoms with Crippen molar-refractivity contribution < 1.29 is 4.74 Å². The molecular weight excluding hydrogens is 202 g/mol. The summed E-state index contributed by atoms with van der Waals surface area (Å²) in [5.74, 6) is 0.832. The highest BCUT2D eigenvalue weighted by atomic mass is 16.5. The van der Waals surface area contributed by atoms with E-state index in [9.17, 15) is 0 Å². The zero-order valence-corrected chi connectivity index (χ0v) is 9.26. The number of hydrogen-bond donors (Lipinski definition) is 1. The second kappa shape index (κ2) is 4.70. The predicted molar refractivity (Wildman–Crippen MR) is 63.3 cm³/mol. The fourth-order valence-corrected chi connectivity index (χ4v) is 1.41. The Morgan fingerprint density at radius 1 is 1.25 bits per heavy atom. The molecule has 0 fully saturated rings. The summed E-state index contributed by atoms with van der Waals surface area (Å²) in [6.45, 7) is 3.32. The predicted octanol–water partition coefficient (Wildman–Crippen LogP) is 1.85. The second-order valence-electron chi connectivity index (χ2n) is 3.64. The van der Waals surface area contributed by atoms with Crippen molar-refractivity contribution in [1.29, 1.82) is 0 Å². The van der Waals surface area contributed by atoms with Gasteiger partial charge in [-0.1, -0.05) is 0 Å². The maximum atomic E-state index is 5.58. The van der Waals surface area contributed by atoms with E-state index in [2.05, 4.69) is 5.10 Å². The average Bonchev–Trinajstić information content (AvgIpc) is 2.67. The maximum absolute atomic E-state index is 5.58. The van der Waals surface area contributed by atoms with Crippen molar-refractivity contribution in [1.82, 2.24) is 9.78 Å². The van der Waals surface area contributed by atoms with Crippen LogP contribution in [0.5, 0.6) is 5.75 Å². The Balaban J connectivity index is 1.82. The van der Waals surface area contributed by atoms with E-state index in [-0.39, 0.29) is 0 Å². The standard InChI is InChI=1S/C12H15N3O/c1-10-6-7-15(14-10)8-9-16-12-4-2-11(13)3-5-12/h2-7H,8-9,13H2,1H3. The van der Waals surface area contributed by atoms with E-state index in [0.717, 1.165) is 23.7 Å². The molecule has 0 aliphatic rings. The third-order valence-corrected chi connectivity index (χ3v) is 2.24. The van der Waals surface area contributed by atoms with Crippen LogP contribution in [0.25, 0.3) is 0 Å². The van der Waals surface area contributed by atoms with Crippen molar-refractivity contribution in [3.05, 3.63) is 42.2 Å². The summed E-state index contributed by atoms with van der Waals surface area (Å²) in [5, 5.41) is 4.27. The number of hydrogen-bond acceptors (Lipinski definition) is 3. The van der Waals surface area contributed by atoms with Gasteiger partial charge < -0.3 is 10.5 Å². The van der Waals surface area contributed by atoms with Crippen LogP contribution >= 0.6 is 0 Å². The third kappa shape index (κ3) is 2.76. The maximum Gasteiger partial charge on any atom is 0.119 e. The molecule has 84 valence electrons. The van der Waals surface area contributed by atoms with Gasteiger partial charge in [-0.15, -0.1) is 0 Å². The molecule has 2 aromatic rings. The summed E-state index contributed by atoms with van der Waals surface area (Å²) in [4.78, 5) is 0. The monoisotopic (exact) mass is 217 g/mol. The zero-order chi connectivity index (χ0) is 11.4. The van der Waals surface area contributed by atoms with Crippen LogP contribution in [0.4, 0.5) is 5.69 Å². The van der Waals surface area contributed by atoms with Gasteiger partial charge in [0.1, 0.15) is 12.4 Å². The largest absolute Gasteiger partial charge is 0.492 e. The van der Waals surface area contributed by atoms with Crippen molar-refractivity contribution >= 4 is 5.69 Å². The molecule has 0 unspecified atom stereocenters. The van der Waals surface area contributed by atoms with Gasteiger partial charge in [-0.2, -0.15) is 5.10 Å². The van der Waals surface area contributed by atoms with Gasteiger partial charge in [0.25, 0.3) is 0 Å². The molecule has 1 aromatic carbocycles. The highest BCUT2D eigenvalue weighted by Gasteiger charge is 1.96. The van der Waals surface area contributed by atoms with E-state index in [1.165, 1.54) is 0 Å². The smallest absolute Gasteiger partial charge is 0.119 e. The number of nitrogens with two attached hydrogens (primary N) is 1. The molecule has 2 N–H and O–H groups in total. The molecule has 0 amide bonds. The Hall–Kier alpha value is -1.97. The summed E-state index contributed by atoms with van der Waals surface area (Å²) < 4.78 is 7.43. The molecule has 0 saturated carbocycles. The molecule has 1 aromatic heterocycles. The van der Waals surface area contributed by atoms with Crippen molar-refractivity contribution in [3.63, 3.8) is 0 Å². The lowest BCUT2D eigenvalue weighted by molar-refractivity contribution is 0.291. The molecule has 1 heterocycles. The van der Waals surface area contributed by atoms with Crippen molar-refractivity contribution in [2.75, 3.05) is 12.3 Å². The van der Waals surface area contributed by atoms with Crippen molar-refractivity contribution in [3.8, 4) is 5.75 Å². The number of anilines is 1. The molecule has 4 heteroatoms. The lowest BCUT2D eigenvalue weighted by Crippen LogP contribution is -2.08. The van der Waals surface area contributed by atoms with Gasteiger partial charge in [0.05, 0.1) is 12.2 Å². The summed E-state index contributed by atoms with van der Waals surface area (Å²) in [7, 11) is 0. The SMILES string of the molecule is Cc1ccn(CCOc2ccc(N)cc2)n1. The number of nitrogen functional groups attached to an aromatic ring is 1.